The van der Waals surface area contributed by atoms with Gasteiger partial charge in [-0.25, -0.2) is 0 Å². The summed E-state index contributed by atoms with van der Waals surface area (Å²) >= 11 is 0. The van der Waals surface area contributed by atoms with Crippen LogP contribution in [0.4, 0.5) is 0 Å². The Kier molecular flexibility index (Phi) is 24.7. The monoisotopic (exact) mass is 161 g/mol. The van der Waals surface area contributed by atoms with E-state index >= 15 is 0 Å². The zero-order chi connectivity index (χ0) is 3.58. The zero-order valence-electron chi connectivity index (χ0n) is 4.86. The van der Waals surface area contributed by atoms with Crippen LogP contribution in [0.1, 0.15) is 13.8 Å². The van der Waals surface area contributed by atoms with E-state index in [0.29, 0.717) is 5.92 Å². The van der Waals surface area contributed by atoms with Gasteiger partial charge in [0.15, 0.2) is 0 Å². The molecule has 0 aromatic rings. The maximum Gasteiger partial charge on any atom is 0 e. The quantitative estimate of drug-likeness (QED) is 0.476. The predicted molar refractivity (Wildman–Crippen MR) is 26.6 cm³/mol. The van der Waals surface area contributed by atoms with E-state index in [0.717, 1.165) is 0 Å². The molecule has 0 saturated carbocycles. The standard InChI is InChI=1S/C4H9.CH3.Y/c1-4(2)3;;/h4H,1H2,2-3H3;1H3;/q2*-1;. The normalized spacial score (nSPS) is 6.00. The molecule has 37 valence electrons. The molecular weight excluding hydrogens is 149 g/mol. The molecule has 0 aliphatic carbocycles. The summed E-state index contributed by atoms with van der Waals surface area (Å²) in [6.45, 7) is 7.75. The van der Waals surface area contributed by atoms with Gasteiger partial charge in [0, 0.05) is 32.7 Å². The Balaban J connectivity index is -0.0000000450. The van der Waals surface area contributed by atoms with E-state index in [1.54, 1.807) is 0 Å². The minimum atomic E-state index is 0. The molecule has 0 spiro atoms. The second kappa shape index (κ2) is 9.44. The number of hydrogen-bond donors (Lipinski definition) is 0. The van der Waals surface area contributed by atoms with Gasteiger partial charge < -0.3 is 14.4 Å². The fraction of sp³-hybridized carbons (Fsp3) is 0.600. The van der Waals surface area contributed by atoms with E-state index in [2.05, 4.69) is 20.8 Å². The van der Waals surface area contributed by atoms with Crippen LogP contribution in [0, 0.1) is 20.3 Å². The van der Waals surface area contributed by atoms with Crippen molar-refractivity contribution >= 4 is 0 Å². The van der Waals surface area contributed by atoms with Gasteiger partial charge in [0.05, 0.1) is 0 Å². The van der Waals surface area contributed by atoms with E-state index in [4.69, 9.17) is 0 Å². The molecule has 0 rings (SSSR count). The van der Waals surface area contributed by atoms with Crippen molar-refractivity contribution in [1.82, 2.24) is 0 Å². The van der Waals surface area contributed by atoms with Crippen molar-refractivity contribution < 1.29 is 32.7 Å². The molecule has 0 aliphatic rings. The topological polar surface area (TPSA) is 0 Å². The van der Waals surface area contributed by atoms with Gasteiger partial charge in [-0.1, -0.05) is 13.8 Å². The molecule has 1 radical (unpaired) electrons. The number of hydrogen-bond acceptors (Lipinski definition) is 0. The van der Waals surface area contributed by atoms with Gasteiger partial charge in [-0.2, -0.15) is 5.92 Å². The van der Waals surface area contributed by atoms with E-state index in [9.17, 15) is 0 Å². The molecule has 0 amide bonds. The summed E-state index contributed by atoms with van der Waals surface area (Å²) in [6.07, 6.45) is 0. The Morgan fingerprint density at radius 1 is 1.33 bits per heavy atom. The Morgan fingerprint density at radius 2 is 1.33 bits per heavy atom. The minimum absolute atomic E-state index is 0. The Hall–Kier alpha value is 1.10. The molecule has 0 bridgehead atoms. The Morgan fingerprint density at radius 3 is 1.33 bits per heavy atom. The molecule has 0 aliphatic heterocycles. The van der Waals surface area contributed by atoms with Crippen LogP contribution >= 0.6 is 0 Å². The van der Waals surface area contributed by atoms with E-state index in [-0.39, 0.29) is 40.1 Å². The van der Waals surface area contributed by atoms with Crippen LogP contribution in [0.3, 0.4) is 0 Å². The van der Waals surface area contributed by atoms with Gasteiger partial charge >= 0.3 is 0 Å². The SMILES string of the molecule is [CH2-]C(C)C.[CH3-].[Y]. The van der Waals surface area contributed by atoms with E-state index in [1.165, 1.54) is 0 Å². The van der Waals surface area contributed by atoms with Crippen molar-refractivity contribution in [3.63, 3.8) is 0 Å². The molecule has 1 heteroatoms. The molecular formula is C5H12Y-2. The summed E-state index contributed by atoms with van der Waals surface area (Å²) < 4.78 is 0. The Bertz CT molecular complexity index is 8.66. The molecule has 0 nitrogen and oxygen atoms in total. The fourth-order valence-corrected chi connectivity index (χ4v) is 0. The average molecular weight is 161 g/mol. The fourth-order valence-electron chi connectivity index (χ4n) is 0. The maximum absolute atomic E-state index is 3.64. The Labute approximate surface area is 66.6 Å². The zero-order valence-corrected chi connectivity index (χ0v) is 7.70. The molecule has 0 fully saturated rings. The molecule has 0 aromatic heterocycles. The van der Waals surface area contributed by atoms with Crippen LogP contribution in [0.2, 0.25) is 0 Å². The summed E-state index contributed by atoms with van der Waals surface area (Å²) in [5.74, 6) is 0.583. The van der Waals surface area contributed by atoms with Crippen LogP contribution in [0.25, 0.3) is 0 Å². The largest absolute Gasteiger partial charge is 0.358 e. The van der Waals surface area contributed by atoms with Gasteiger partial charge in [-0.3, -0.25) is 0 Å². The van der Waals surface area contributed by atoms with Gasteiger partial charge in [-0.15, -0.1) is 0 Å². The summed E-state index contributed by atoms with van der Waals surface area (Å²) in [4.78, 5) is 0. The van der Waals surface area contributed by atoms with Crippen molar-refractivity contribution in [2.24, 2.45) is 5.92 Å². The summed E-state index contributed by atoms with van der Waals surface area (Å²) in [6, 6.07) is 0. The van der Waals surface area contributed by atoms with Crippen LogP contribution in [-0.2, 0) is 32.7 Å². The number of rotatable bonds is 0. The summed E-state index contributed by atoms with van der Waals surface area (Å²) in [7, 11) is 0. The molecule has 0 unspecified atom stereocenters. The molecule has 0 N–H and O–H groups in total. The molecule has 0 aromatic carbocycles. The van der Waals surface area contributed by atoms with Crippen LogP contribution in [0.5, 0.6) is 0 Å². The van der Waals surface area contributed by atoms with Crippen LogP contribution in [0.15, 0.2) is 0 Å². The third-order valence-electron chi connectivity index (χ3n) is 0. The maximum atomic E-state index is 3.64. The first-order valence-electron chi connectivity index (χ1n) is 1.56. The van der Waals surface area contributed by atoms with Crippen molar-refractivity contribution in [3.8, 4) is 0 Å². The smallest absolute Gasteiger partial charge is 0 e. The van der Waals surface area contributed by atoms with Crippen molar-refractivity contribution in [2.75, 3.05) is 0 Å². The first kappa shape index (κ1) is 15.7. The average Bonchev–Trinajstić information content (AvgIpc) is 0.811. The van der Waals surface area contributed by atoms with Gasteiger partial charge in [-0.05, 0) is 0 Å². The summed E-state index contributed by atoms with van der Waals surface area (Å²) in [5.41, 5.74) is 0. The first-order chi connectivity index (χ1) is 1.73. The third-order valence-corrected chi connectivity index (χ3v) is 0. The van der Waals surface area contributed by atoms with E-state index < -0.39 is 0 Å². The summed E-state index contributed by atoms with van der Waals surface area (Å²) in [5, 5.41) is 0. The van der Waals surface area contributed by atoms with Crippen molar-refractivity contribution in [2.45, 2.75) is 13.8 Å². The van der Waals surface area contributed by atoms with Gasteiger partial charge in [0.2, 0.25) is 0 Å². The minimum Gasteiger partial charge on any atom is -0.358 e. The predicted octanol–water partition coefficient (Wildman–Crippen LogP) is 1.92. The van der Waals surface area contributed by atoms with Crippen molar-refractivity contribution in [3.05, 3.63) is 14.4 Å². The second-order valence-electron chi connectivity index (χ2n) is 1.39. The first-order valence-corrected chi connectivity index (χ1v) is 1.56. The van der Waals surface area contributed by atoms with E-state index in [1.807, 2.05) is 0 Å². The molecule has 0 heterocycles. The van der Waals surface area contributed by atoms with Gasteiger partial charge in [0.1, 0.15) is 0 Å². The molecule has 6 heavy (non-hydrogen) atoms. The van der Waals surface area contributed by atoms with Crippen molar-refractivity contribution in [1.29, 1.82) is 0 Å². The van der Waals surface area contributed by atoms with Crippen LogP contribution in [-0.4, -0.2) is 0 Å². The molecule has 0 atom stereocenters. The van der Waals surface area contributed by atoms with Crippen LogP contribution < -0.4 is 0 Å². The second-order valence-corrected chi connectivity index (χ2v) is 1.39. The van der Waals surface area contributed by atoms with Gasteiger partial charge in [0.25, 0.3) is 0 Å². The molecule has 0 saturated heterocycles. The third kappa shape index (κ3) is 70.5.